The highest BCUT2D eigenvalue weighted by atomic mass is 79.9. The Kier molecular flexibility index (Phi) is 5.20. The Bertz CT molecular complexity index is 528. The summed E-state index contributed by atoms with van der Waals surface area (Å²) in [6.07, 6.45) is 6.78. The molecule has 17 heavy (non-hydrogen) atoms. The highest BCUT2D eigenvalue weighted by molar-refractivity contribution is 9.11. The number of hydrogen-bond acceptors (Lipinski definition) is 3. The topological polar surface area (TPSA) is 46.2 Å². The van der Waals surface area contributed by atoms with Gasteiger partial charge in [0, 0.05) is 4.88 Å². The summed E-state index contributed by atoms with van der Waals surface area (Å²) in [5.74, 6) is 2.46. The van der Waals surface area contributed by atoms with Crippen LogP contribution < -0.4 is 4.72 Å². The van der Waals surface area contributed by atoms with Crippen molar-refractivity contribution < 1.29 is 8.42 Å². The molecule has 1 aromatic rings. The summed E-state index contributed by atoms with van der Waals surface area (Å²) < 4.78 is 27.5. The molecule has 0 amide bonds. The molecule has 1 atom stereocenters. The van der Waals surface area contributed by atoms with Crippen molar-refractivity contribution in [2.45, 2.75) is 37.6 Å². The number of aryl methyl sites for hydroxylation is 1. The van der Waals surface area contributed by atoms with Crippen molar-refractivity contribution in [2.24, 2.45) is 0 Å². The molecule has 6 heteroatoms. The Balaban J connectivity index is 2.97. The number of rotatable bonds is 5. The van der Waals surface area contributed by atoms with E-state index in [0.29, 0.717) is 11.3 Å². The highest BCUT2D eigenvalue weighted by Crippen LogP contribution is 2.29. The van der Waals surface area contributed by atoms with Crippen LogP contribution in [-0.4, -0.2) is 14.5 Å². The third kappa shape index (κ3) is 3.81. The van der Waals surface area contributed by atoms with Crippen LogP contribution in [0.25, 0.3) is 0 Å². The van der Waals surface area contributed by atoms with Gasteiger partial charge in [-0.05, 0) is 35.3 Å². The largest absolute Gasteiger partial charge is 0.242 e. The number of terminal acetylenes is 1. The normalized spacial score (nSPS) is 13.3. The third-order valence-electron chi connectivity index (χ3n) is 2.21. The summed E-state index contributed by atoms with van der Waals surface area (Å²) >= 11 is 4.67. The van der Waals surface area contributed by atoms with Crippen molar-refractivity contribution >= 4 is 37.3 Å². The van der Waals surface area contributed by atoms with Gasteiger partial charge in [0.2, 0.25) is 10.0 Å². The predicted octanol–water partition coefficient (Wildman–Crippen LogP) is 2.90. The second-order valence-corrected chi connectivity index (χ2v) is 7.92. The van der Waals surface area contributed by atoms with Crippen molar-refractivity contribution in [1.29, 1.82) is 0 Å². The van der Waals surface area contributed by atoms with Crippen molar-refractivity contribution in [3.8, 4) is 12.3 Å². The first-order chi connectivity index (χ1) is 7.90. The van der Waals surface area contributed by atoms with Gasteiger partial charge >= 0.3 is 0 Å². The molecular formula is C11H14BrNO2S2. The predicted molar refractivity (Wildman–Crippen MR) is 74.6 cm³/mol. The van der Waals surface area contributed by atoms with E-state index >= 15 is 0 Å². The molecule has 0 radical (unpaired) electrons. The number of halogens is 1. The van der Waals surface area contributed by atoms with E-state index in [1.165, 1.54) is 11.3 Å². The second-order valence-electron chi connectivity index (χ2n) is 3.60. The Labute approximate surface area is 115 Å². The van der Waals surface area contributed by atoms with Gasteiger partial charge in [0.15, 0.2) is 0 Å². The first-order valence-corrected chi connectivity index (χ1v) is 8.24. The monoisotopic (exact) mass is 335 g/mol. The minimum Gasteiger partial charge on any atom is -0.207 e. The van der Waals surface area contributed by atoms with Crippen LogP contribution in [0.5, 0.6) is 0 Å². The Hall–Kier alpha value is -0.350. The Morgan fingerprint density at radius 3 is 2.71 bits per heavy atom. The summed E-state index contributed by atoms with van der Waals surface area (Å²) in [4.78, 5) is 1.04. The molecule has 1 N–H and O–H groups in total. The van der Waals surface area contributed by atoms with Crippen LogP contribution in [-0.2, 0) is 10.0 Å². The molecule has 0 aliphatic rings. The summed E-state index contributed by atoms with van der Waals surface area (Å²) in [5.41, 5.74) is 0. The van der Waals surface area contributed by atoms with Gasteiger partial charge in [-0.1, -0.05) is 19.3 Å². The van der Waals surface area contributed by atoms with Crippen LogP contribution >= 0.6 is 27.3 Å². The standard InChI is InChI=1S/C11H14BrNO2S2/c1-4-6-9(5-2)13-17(14,15)10-7-11(12)16-8(10)3/h2,7,9,13H,4,6H2,1,3H3. The Morgan fingerprint density at radius 1 is 1.65 bits per heavy atom. The molecule has 0 fully saturated rings. The van der Waals surface area contributed by atoms with Crippen LogP contribution in [0.15, 0.2) is 14.7 Å². The zero-order valence-electron chi connectivity index (χ0n) is 9.66. The average Bonchev–Trinajstić information content (AvgIpc) is 2.57. The first kappa shape index (κ1) is 14.7. The lowest BCUT2D eigenvalue weighted by Gasteiger charge is -2.12. The van der Waals surface area contributed by atoms with Crippen molar-refractivity contribution in [3.63, 3.8) is 0 Å². The van der Waals surface area contributed by atoms with E-state index in [1.807, 2.05) is 6.92 Å². The maximum Gasteiger partial charge on any atom is 0.242 e. The molecule has 0 saturated heterocycles. The van der Waals surface area contributed by atoms with Gasteiger partial charge < -0.3 is 0 Å². The zero-order chi connectivity index (χ0) is 13.1. The van der Waals surface area contributed by atoms with Crippen LogP contribution in [0, 0.1) is 19.3 Å². The van der Waals surface area contributed by atoms with Crippen LogP contribution in [0.4, 0.5) is 0 Å². The van der Waals surface area contributed by atoms with E-state index in [2.05, 4.69) is 26.6 Å². The van der Waals surface area contributed by atoms with Gasteiger partial charge in [0.1, 0.15) is 0 Å². The van der Waals surface area contributed by atoms with Crippen molar-refractivity contribution in [3.05, 3.63) is 14.7 Å². The van der Waals surface area contributed by atoms with Crippen LogP contribution in [0.2, 0.25) is 0 Å². The van der Waals surface area contributed by atoms with E-state index in [1.54, 1.807) is 13.0 Å². The molecule has 0 saturated carbocycles. The molecule has 0 bridgehead atoms. The summed E-state index contributed by atoms with van der Waals surface area (Å²) in [6.45, 7) is 3.74. The number of hydrogen-bond donors (Lipinski definition) is 1. The molecule has 0 aliphatic heterocycles. The number of nitrogens with one attached hydrogen (secondary N) is 1. The number of sulfonamides is 1. The fourth-order valence-electron chi connectivity index (χ4n) is 1.41. The summed E-state index contributed by atoms with van der Waals surface area (Å²) in [7, 11) is -3.52. The van der Waals surface area contributed by atoms with E-state index in [0.717, 1.165) is 15.1 Å². The average molecular weight is 336 g/mol. The molecule has 0 spiro atoms. The quantitative estimate of drug-likeness (QED) is 0.841. The maximum atomic E-state index is 12.1. The minimum absolute atomic E-state index is 0.297. The molecule has 0 aromatic carbocycles. The van der Waals surface area contributed by atoms with E-state index in [9.17, 15) is 8.42 Å². The van der Waals surface area contributed by atoms with Crippen LogP contribution in [0.1, 0.15) is 24.6 Å². The minimum atomic E-state index is -3.52. The van der Waals surface area contributed by atoms with Crippen molar-refractivity contribution in [1.82, 2.24) is 4.72 Å². The van der Waals surface area contributed by atoms with E-state index < -0.39 is 16.1 Å². The molecule has 1 rings (SSSR count). The maximum absolute atomic E-state index is 12.1. The van der Waals surface area contributed by atoms with Gasteiger partial charge in [0.25, 0.3) is 0 Å². The van der Waals surface area contributed by atoms with Crippen LogP contribution in [0.3, 0.4) is 0 Å². The van der Waals surface area contributed by atoms with Gasteiger partial charge in [-0.2, -0.15) is 4.72 Å². The molecule has 1 heterocycles. The third-order valence-corrected chi connectivity index (χ3v) is 5.49. The van der Waals surface area contributed by atoms with Crippen molar-refractivity contribution in [2.75, 3.05) is 0 Å². The highest BCUT2D eigenvalue weighted by Gasteiger charge is 2.22. The van der Waals surface area contributed by atoms with Gasteiger partial charge in [-0.15, -0.1) is 17.8 Å². The lowest BCUT2D eigenvalue weighted by atomic mass is 10.2. The van der Waals surface area contributed by atoms with Gasteiger partial charge in [-0.25, -0.2) is 8.42 Å². The van der Waals surface area contributed by atoms with E-state index in [-0.39, 0.29) is 0 Å². The fraction of sp³-hybridized carbons (Fsp3) is 0.455. The lowest BCUT2D eigenvalue weighted by molar-refractivity contribution is 0.564. The zero-order valence-corrected chi connectivity index (χ0v) is 12.9. The molecular weight excluding hydrogens is 322 g/mol. The van der Waals surface area contributed by atoms with E-state index in [4.69, 9.17) is 6.42 Å². The van der Waals surface area contributed by atoms with Gasteiger partial charge in [-0.3, -0.25) is 0 Å². The fourth-order valence-corrected chi connectivity index (χ4v) is 5.02. The molecule has 0 aliphatic carbocycles. The molecule has 3 nitrogen and oxygen atoms in total. The van der Waals surface area contributed by atoms with Gasteiger partial charge in [0.05, 0.1) is 14.7 Å². The molecule has 1 aromatic heterocycles. The smallest absolute Gasteiger partial charge is 0.207 e. The molecule has 1 unspecified atom stereocenters. The summed E-state index contributed by atoms with van der Waals surface area (Å²) in [5, 5.41) is 0. The second kappa shape index (κ2) is 6.01. The molecule has 94 valence electrons. The Morgan fingerprint density at radius 2 is 2.29 bits per heavy atom. The lowest BCUT2D eigenvalue weighted by Crippen LogP contribution is -2.33. The first-order valence-electron chi connectivity index (χ1n) is 5.15. The summed E-state index contributed by atoms with van der Waals surface area (Å²) in [6, 6.07) is 1.16. The number of thiophene rings is 1. The SMILES string of the molecule is C#CC(CCC)NS(=O)(=O)c1cc(Br)sc1C.